The zero-order chi connectivity index (χ0) is 11.9. The van der Waals surface area contributed by atoms with Gasteiger partial charge in [0.15, 0.2) is 5.78 Å². The minimum atomic E-state index is -0.706. The number of ketones is 2. The van der Waals surface area contributed by atoms with Crippen molar-refractivity contribution in [2.75, 3.05) is 0 Å². The number of carbonyl (C=O) groups excluding carboxylic acids is 2. The van der Waals surface area contributed by atoms with Crippen LogP contribution in [0.3, 0.4) is 0 Å². The van der Waals surface area contributed by atoms with E-state index in [1.54, 1.807) is 0 Å². The Bertz CT molecular complexity index is 560. The summed E-state index contributed by atoms with van der Waals surface area (Å²) in [6, 6.07) is 3.89. The van der Waals surface area contributed by atoms with Crippen LogP contribution in [0.5, 0.6) is 0 Å². The van der Waals surface area contributed by atoms with Gasteiger partial charge in [0.05, 0.1) is 10.6 Å². The summed E-state index contributed by atoms with van der Waals surface area (Å²) >= 11 is 0. The lowest BCUT2D eigenvalue weighted by molar-refractivity contribution is -0.385. The molecule has 80 valence electrons. The normalized spacial score (nSPS) is 14.4. The summed E-state index contributed by atoms with van der Waals surface area (Å²) in [6.45, 7) is 0. The fraction of sp³-hybridized carbons (Fsp3) is 0. The van der Waals surface area contributed by atoms with Gasteiger partial charge >= 0.3 is 0 Å². The monoisotopic (exact) mass is 218 g/mol. The highest BCUT2D eigenvalue weighted by Gasteiger charge is 2.31. The van der Waals surface area contributed by atoms with Crippen LogP contribution in [-0.4, -0.2) is 16.5 Å². The van der Waals surface area contributed by atoms with E-state index in [4.69, 9.17) is 5.73 Å². The lowest BCUT2D eigenvalue weighted by Crippen LogP contribution is -2.22. The Kier molecular flexibility index (Phi) is 2.05. The summed E-state index contributed by atoms with van der Waals surface area (Å²) in [4.78, 5) is 33.1. The van der Waals surface area contributed by atoms with Crippen molar-refractivity contribution in [2.24, 2.45) is 5.73 Å². The number of nitrogens with zero attached hydrogens (tertiary/aromatic N) is 1. The molecule has 0 bridgehead atoms. The van der Waals surface area contributed by atoms with Gasteiger partial charge in [0.25, 0.3) is 5.69 Å². The number of nitro benzene ring substituents is 1. The molecular formula is C10H6N2O4. The largest absolute Gasteiger partial charge is 0.395 e. The molecule has 16 heavy (non-hydrogen) atoms. The van der Waals surface area contributed by atoms with E-state index >= 15 is 0 Å². The van der Waals surface area contributed by atoms with Crippen molar-refractivity contribution < 1.29 is 14.5 Å². The molecule has 2 rings (SSSR count). The van der Waals surface area contributed by atoms with E-state index in [2.05, 4.69) is 0 Å². The zero-order valence-electron chi connectivity index (χ0n) is 7.97. The quantitative estimate of drug-likeness (QED) is 0.555. The van der Waals surface area contributed by atoms with Gasteiger partial charge in [-0.3, -0.25) is 19.7 Å². The molecular weight excluding hydrogens is 212 g/mol. The highest BCUT2D eigenvalue weighted by atomic mass is 16.6. The van der Waals surface area contributed by atoms with Crippen LogP contribution in [0.4, 0.5) is 5.69 Å². The molecule has 0 amide bonds. The van der Waals surface area contributed by atoms with Crippen LogP contribution in [0.2, 0.25) is 0 Å². The summed E-state index contributed by atoms with van der Waals surface area (Å²) in [5, 5.41) is 10.7. The van der Waals surface area contributed by atoms with Crippen molar-refractivity contribution in [3.8, 4) is 0 Å². The lowest BCUT2D eigenvalue weighted by atomic mass is 9.91. The highest BCUT2D eigenvalue weighted by Crippen LogP contribution is 2.27. The predicted molar refractivity (Wildman–Crippen MR) is 54.0 cm³/mol. The number of rotatable bonds is 1. The minimum Gasteiger partial charge on any atom is -0.395 e. The van der Waals surface area contributed by atoms with Gasteiger partial charge in [-0.1, -0.05) is 6.07 Å². The van der Waals surface area contributed by atoms with E-state index in [0.29, 0.717) is 0 Å². The van der Waals surface area contributed by atoms with Gasteiger partial charge < -0.3 is 5.73 Å². The molecule has 1 aromatic carbocycles. The third kappa shape index (κ3) is 1.28. The van der Waals surface area contributed by atoms with E-state index in [1.165, 1.54) is 18.2 Å². The molecule has 2 N–H and O–H groups in total. The first kappa shape index (κ1) is 10.0. The van der Waals surface area contributed by atoms with Gasteiger partial charge in [-0.05, 0) is 6.07 Å². The average Bonchev–Trinajstić information content (AvgIpc) is 2.25. The number of fused-ring (bicyclic) bond motifs is 1. The zero-order valence-corrected chi connectivity index (χ0v) is 7.97. The van der Waals surface area contributed by atoms with Gasteiger partial charge in [-0.2, -0.15) is 0 Å². The molecule has 1 aliphatic carbocycles. The van der Waals surface area contributed by atoms with E-state index in [9.17, 15) is 19.7 Å². The van der Waals surface area contributed by atoms with Crippen LogP contribution >= 0.6 is 0 Å². The maximum atomic E-state index is 11.6. The molecule has 1 aromatic rings. The summed E-state index contributed by atoms with van der Waals surface area (Å²) in [5.41, 5.74) is 4.45. The Morgan fingerprint density at radius 3 is 2.56 bits per heavy atom. The molecule has 6 nitrogen and oxygen atoms in total. The maximum Gasteiger partial charge on any atom is 0.281 e. The van der Waals surface area contributed by atoms with Crippen LogP contribution in [0.15, 0.2) is 30.0 Å². The van der Waals surface area contributed by atoms with Crippen molar-refractivity contribution in [1.29, 1.82) is 0 Å². The van der Waals surface area contributed by atoms with Crippen LogP contribution in [0.25, 0.3) is 0 Å². The second-order valence-electron chi connectivity index (χ2n) is 3.25. The first-order valence-electron chi connectivity index (χ1n) is 4.36. The number of allylic oxidation sites excluding steroid dienone is 2. The maximum absolute atomic E-state index is 11.6. The van der Waals surface area contributed by atoms with Gasteiger partial charge in [0.2, 0.25) is 5.78 Å². The van der Waals surface area contributed by atoms with Crippen molar-refractivity contribution in [3.05, 3.63) is 51.2 Å². The van der Waals surface area contributed by atoms with Crippen LogP contribution in [0.1, 0.15) is 20.7 Å². The number of nitro groups is 1. The Hall–Kier alpha value is -2.50. The molecule has 0 radical (unpaired) electrons. The number of benzene rings is 1. The molecule has 1 aliphatic rings. The Morgan fingerprint density at radius 2 is 1.94 bits per heavy atom. The summed E-state index contributed by atoms with van der Waals surface area (Å²) < 4.78 is 0. The number of hydrogen-bond donors (Lipinski definition) is 1. The predicted octanol–water partition coefficient (Wildman–Crippen LogP) is 0.816. The second kappa shape index (κ2) is 3.27. The Morgan fingerprint density at radius 1 is 1.25 bits per heavy atom. The number of nitrogens with two attached hydrogens (primary N) is 1. The van der Waals surface area contributed by atoms with Crippen LogP contribution < -0.4 is 5.73 Å². The summed E-state index contributed by atoms with van der Waals surface area (Å²) in [7, 11) is 0. The molecule has 6 heteroatoms. The van der Waals surface area contributed by atoms with Gasteiger partial charge in [0, 0.05) is 17.7 Å². The fourth-order valence-corrected chi connectivity index (χ4v) is 1.57. The van der Waals surface area contributed by atoms with Crippen LogP contribution in [0, 0.1) is 10.1 Å². The number of Topliss-reactive ketones (excluding diaryl/α,β-unsaturated/α-hetero) is 1. The van der Waals surface area contributed by atoms with Gasteiger partial charge in [-0.15, -0.1) is 0 Å². The molecule has 0 heterocycles. The molecule has 0 fully saturated rings. The van der Waals surface area contributed by atoms with E-state index in [1.807, 2.05) is 0 Å². The minimum absolute atomic E-state index is 0.0217. The third-order valence-electron chi connectivity index (χ3n) is 2.28. The average molecular weight is 218 g/mol. The summed E-state index contributed by atoms with van der Waals surface area (Å²) in [6.07, 6.45) is 0.981. The second-order valence-corrected chi connectivity index (χ2v) is 3.25. The standard InChI is InChI=1S/C10H6N2O4/c11-6-4-8(13)5-2-1-3-7(12(15)16)9(5)10(6)14/h1-4H,11H2. The first-order chi connectivity index (χ1) is 7.52. The van der Waals surface area contributed by atoms with E-state index in [0.717, 1.165) is 6.08 Å². The van der Waals surface area contributed by atoms with Crippen molar-refractivity contribution in [1.82, 2.24) is 0 Å². The molecule has 0 aromatic heterocycles. The van der Waals surface area contributed by atoms with Crippen LogP contribution in [-0.2, 0) is 0 Å². The molecule has 0 spiro atoms. The van der Waals surface area contributed by atoms with Crippen molar-refractivity contribution in [3.63, 3.8) is 0 Å². The lowest BCUT2D eigenvalue weighted by Gasteiger charge is -2.11. The SMILES string of the molecule is NC1=CC(=O)c2cccc([N+](=O)[O-])c2C1=O. The Balaban J connectivity index is 2.78. The fourth-order valence-electron chi connectivity index (χ4n) is 1.57. The number of carbonyl (C=O) groups is 2. The van der Waals surface area contributed by atoms with Crippen molar-refractivity contribution in [2.45, 2.75) is 0 Å². The Labute approximate surface area is 89.5 Å². The highest BCUT2D eigenvalue weighted by molar-refractivity contribution is 6.25. The molecule has 0 aliphatic heterocycles. The van der Waals surface area contributed by atoms with Gasteiger partial charge in [0.1, 0.15) is 5.56 Å². The first-order valence-corrected chi connectivity index (χ1v) is 4.36. The molecule has 0 atom stereocenters. The molecule has 0 saturated heterocycles. The van der Waals surface area contributed by atoms with Gasteiger partial charge in [-0.25, -0.2) is 0 Å². The summed E-state index contributed by atoms with van der Waals surface area (Å²) in [5.74, 6) is -1.17. The number of hydrogen-bond acceptors (Lipinski definition) is 5. The van der Waals surface area contributed by atoms with Crippen molar-refractivity contribution >= 4 is 17.3 Å². The third-order valence-corrected chi connectivity index (χ3v) is 2.28. The van der Waals surface area contributed by atoms with E-state index < -0.39 is 22.2 Å². The van der Waals surface area contributed by atoms with E-state index in [-0.39, 0.29) is 16.8 Å². The molecule has 0 saturated carbocycles. The molecule has 0 unspecified atom stereocenters. The topological polar surface area (TPSA) is 103 Å². The smallest absolute Gasteiger partial charge is 0.281 e.